The molecule has 0 aromatic heterocycles. The standard InChI is InChI=1S/C18H24O3/c1-21-18(20)8-3-2-5-14-9-11-15(12-10-14)16-6-4-7-17(19)13-16/h9-12,16H,2-8,13H2,1H3. The summed E-state index contributed by atoms with van der Waals surface area (Å²) in [6.07, 6.45) is 6.97. The van der Waals surface area contributed by atoms with E-state index in [0.29, 0.717) is 24.5 Å². The van der Waals surface area contributed by atoms with E-state index in [0.717, 1.165) is 38.5 Å². The lowest BCUT2D eigenvalue weighted by molar-refractivity contribution is -0.140. The van der Waals surface area contributed by atoms with E-state index in [2.05, 4.69) is 29.0 Å². The van der Waals surface area contributed by atoms with E-state index in [4.69, 9.17) is 0 Å². The molecule has 1 fully saturated rings. The molecule has 1 aromatic rings. The Balaban J connectivity index is 1.79. The highest BCUT2D eigenvalue weighted by atomic mass is 16.5. The molecule has 1 aliphatic carbocycles. The van der Waals surface area contributed by atoms with Crippen molar-refractivity contribution in [3.05, 3.63) is 35.4 Å². The van der Waals surface area contributed by atoms with Crippen molar-refractivity contribution in [2.24, 2.45) is 0 Å². The van der Waals surface area contributed by atoms with E-state index in [1.165, 1.54) is 18.2 Å². The van der Waals surface area contributed by atoms with Gasteiger partial charge in [0.1, 0.15) is 5.78 Å². The van der Waals surface area contributed by atoms with Crippen LogP contribution in [0.5, 0.6) is 0 Å². The molecule has 114 valence electrons. The summed E-state index contributed by atoms with van der Waals surface area (Å²) in [7, 11) is 1.43. The molecular formula is C18H24O3. The predicted octanol–water partition coefficient (Wildman–Crippen LogP) is 3.80. The predicted molar refractivity (Wildman–Crippen MR) is 82.2 cm³/mol. The molecule has 0 spiro atoms. The zero-order chi connectivity index (χ0) is 15.1. The molecular weight excluding hydrogens is 264 g/mol. The lowest BCUT2D eigenvalue weighted by Crippen LogP contribution is -2.13. The number of hydrogen-bond donors (Lipinski definition) is 0. The quantitative estimate of drug-likeness (QED) is 0.590. The van der Waals surface area contributed by atoms with Crippen LogP contribution >= 0.6 is 0 Å². The van der Waals surface area contributed by atoms with Crippen molar-refractivity contribution >= 4 is 11.8 Å². The van der Waals surface area contributed by atoms with E-state index in [-0.39, 0.29) is 5.97 Å². The first kappa shape index (κ1) is 15.7. The van der Waals surface area contributed by atoms with Gasteiger partial charge in [-0.2, -0.15) is 0 Å². The first-order valence-corrected chi connectivity index (χ1v) is 7.86. The van der Waals surface area contributed by atoms with E-state index >= 15 is 0 Å². The van der Waals surface area contributed by atoms with Gasteiger partial charge in [-0.3, -0.25) is 9.59 Å². The zero-order valence-electron chi connectivity index (χ0n) is 12.8. The monoisotopic (exact) mass is 288 g/mol. The number of aryl methyl sites for hydroxylation is 1. The molecule has 3 nitrogen and oxygen atoms in total. The Bertz CT molecular complexity index is 476. The molecule has 1 saturated carbocycles. The van der Waals surface area contributed by atoms with Crippen molar-refractivity contribution in [1.29, 1.82) is 0 Å². The van der Waals surface area contributed by atoms with Crippen molar-refractivity contribution < 1.29 is 14.3 Å². The van der Waals surface area contributed by atoms with Gasteiger partial charge in [-0.15, -0.1) is 0 Å². The average Bonchev–Trinajstić information content (AvgIpc) is 2.52. The number of ether oxygens (including phenoxy) is 1. The van der Waals surface area contributed by atoms with E-state index in [1.807, 2.05) is 0 Å². The van der Waals surface area contributed by atoms with Crippen molar-refractivity contribution in [2.75, 3.05) is 7.11 Å². The number of methoxy groups -OCH3 is 1. The average molecular weight is 288 g/mol. The number of benzene rings is 1. The number of carbonyl (C=O) groups excluding carboxylic acids is 2. The van der Waals surface area contributed by atoms with Crippen molar-refractivity contribution in [3.63, 3.8) is 0 Å². The summed E-state index contributed by atoms with van der Waals surface area (Å²) in [5.74, 6) is 0.685. The maximum absolute atomic E-state index is 11.5. The fraction of sp³-hybridized carbons (Fsp3) is 0.556. The van der Waals surface area contributed by atoms with Gasteiger partial charge >= 0.3 is 5.97 Å². The lowest BCUT2D eigenvalue weighted by atomic mass is 9.83. The van der Waals surface area contributed by atoms with Gasteiger partial charge in [0, 0.05) is 19.3 Å². The lowest BCUT2D eigenvalue weighted by Gasteiger charge is -2.21. The van der Waals surface area contributed by atoms with Crippen LogP contribution in [0.3, 0.4) is 0 Å². The summed E-state index contributed by atoms with van der Waals surface area (Å²) < 4.78 is 4.63. The summed E-state index contributed by atoms with van der Waals surface area (Å²) >= 11 is 0. The van der Waals surface area contributed by atoms with Crippen LogP contribution in [0.2, 0.25) is 0 Å². The third-order valence-electron chi connectivity index (χ3n) is 4.26. The first-order valence-electron chi connectivity index (χ1n) is 7.86. The van der Waals surface area contributed by atoms with Crippen LogP contribution in [-0.2, 0) is 20.7 Å². The van der Waals surface area contributed by atoms with Crippen molar-refractivity contribution in [1.82, 2.24) is 0 Å². The topological polar surface area (TPSA) is 43.4 Å². The van der Waals surface area contributed by atoms with Crippen LogP contribution in [0, 0.1) is 0 Å². The van der Waals surface area contributed by atoms with Crippen LogP contribution in [0.4, 0.5) is 0 Å². The second kappa shape index (κ2) is 7.96. The highest BCUT2D eigenvalue weighted by molar-refractivity contribution is 5.80. The molecule has 0 bridgehead atoms. The molecule has 1 aromatic carbocycles. The minimum atomic E-state index is -0.132. The number of rotatable bonds is 6. The Morgan fingerprint density at radius 3 is 2.67 bits per heavy atom. The number of carbonyl (C=O) groups is 2. The van der Waals surface area contributed by atoms with E-state index < -0.39 is 0 Å². The number of Topliss-reactive ketones (excluding diaryl/α,β-unsaturated/α-hetero) is 1. The Labute approximate surface area is 126 Å². The molecule has 1 unspecified atom stereocenters. The van der Waals surface area contributed by atoms with Crippen LogP contribution in [0.25, 0.3) is 0 Å². The molecule has 3 heteroatoms. The van der Waals surface area contributed by atoms with Gasteiger partial charge in [0.15, 0.2) is 0 Å². The highest BCUT2D eigenvalue weighted by Gasteiger charge is 2.20. The van der Waals surface area contributed by atoms with Gasteiger partial charge in [-0.25, -0.2) is 0 Å². The minimum absolute atomic E-state index is 0.132. The maximum atomic E-state index is 11.5. The SMILES string of the molecule is COC(=O)CCCCc1ccc(C2CCCC(=O)C2)cc1. The van der Waals surface area contributed by atoms with Crippen molar-refractivity contribution in [2.45, 2.75) is 57.3 Å². The Morgan fingerprint density at radius 2 is 2.00 bits per heavy atom. The molecule has 2 rings (SSSR count). The van der Waals surface area contributed by atoms with Gasteiger partial charge < -0.3 is 4.74 Å². The summed E-state index contributed by atoms with van der Waals surface area (Å²) in [6.45, 7) is 0. The smallest absolute Gasteiger partial charge is 0.305 e. The normalized spacial score (nSPS) is 18.5. The molecule has 21 heavy (non-hydrogen) atoms. The third-order valence-corrected chi connectivity index (χ3v) is 4.26. The van der Waals surface area contributed by atoms with Gasteiger partial charge in [0.25, 0.3) is 0 Å². The number of hydrogen-bond acceptors (Lipinski definition) is 3. The number of unbranched alkanes of at least 4 members (excludes halogenated alkanes) is 1. The van der Waals surface area contributed by atoms with E-state index in [1.54, 1.807) is 0 Å². The molecule has 0 saturated heterocycles. The van der Waals surface area contributed by atoms with Crippen LogP contribution < -0.4 is 0 Å². The zero-order valence-corrected chi connectivity index (χ0v) is 12.8. The van der Waals surface area contributed by atoms with E-state index in [9.17, 15) is 9.59 Å². The van der Waals surface area contributed by atoms with Crippen molar-refractivity contribution in [3.8, 4) is 0 Å². The fourth-order valence-electron chi connectivity index (χ4n) is 2.97. The summed E-state index contributed by atoms with van der Waals surface area (Å²) in [6, 6.07) is 8.65. The second-order valence-corrected chi connectivity index (χ2v) is 5.86. The first-order chi connectivity index (χ1) is 10.2. The Morgan fingerprint density at radius 1 is 1.24 bits per heavy atom. The van der Waals surface area contributed by atoms with Gasteiger partial charge in [-0.1, -0.05) is 24.3 Å². The van der Waals surface area contributed by atoms with Gasteiger partial charge in [0.2, 0.25) is 0 Å². The molecule has 0 amide bonds. The number of esters is 1. The molecule has 0 heterocycles. The fourth-order valence-corrected chi connectivity index (χ4v) is 2.97. The Hall–Kier alpha value is -1.64. The molecule has 0 radical (unpaired) electrons. The Kier molecular flexibility index (Phi) is 5.97. The summed E-state index contributed by atoms with van der Waals surface area (Å²) in [5, 5.41) is 0. The van der Waals surface area contributed by atoms with Crippen LogP contribution in [0.15, 0.2) is 24.3 Å². The van der Waals surface area contributed by atoms with Gasteiger partial charge in [0.05, 0.1) is 7.11 Å². The maximum Gasteiger partial charge on any atom is 0.305 e. The molecule has 0 aliphatic heterocycles. The molecule has 1 atom stereocenters. The summed E-state index contributed by atoms with van der Waals surface area (Å²) in [5.41, 5.74) is 2.59. The van der Waals surface area contributed by atoms with Crippen LogP contribution in [0.1, 0.15) is 62.0 Å². The van der Waals surface area contributed by atoms with Gasteiger partial charge in [-0.05, 0) is 49.1 Å². The third kappa shape index (κ3) is 5.00. The van der Waals surface area contributed by atoms with Crippen LogP contribution in [-0.4, -0.2) is 18.9 Å². The largest absolute Gasteiger partial charge is 0.469 e. The number of ketones is 1. The second-order valence-electron chi connectivity index (χ2n) is 5.86. The molecule has 1 aliphatic rings. The summed E-state index contributed by atoms with van der Waals surface area (Å²) in [4.78, 5) is 22.5. The highest BCUT2D eigenvalue weighted by Crippen LogP contribution is 2.31. The minimum Gasteiger partial charge on any atom is -0.469 e. The molecule has 0 N–H and O–H groups in total.